The summed E-state index contributed by atoms with van der Waals surface area (Å²) in [6, 6.07) is 7.45. The van der Waals surface area contributed by atoms with Gasteiger partial charge in [0.2, 0.25) is 17.5 Å². The van der Waals surface area contributed by atoms with Crippen LogP contribution in [0.2, 0.25) is 0 Å². The number of benzene rings is 1. The van der Waals surface area contributed by atoms with Crippen molar-refractivity contribution >= 4 is 11.6 Å². The number of rotatable bonds is 7. The summed E-state index contributed by atoms with van der Waals surface area (Å²) in [5.74, 6) is 0.274. The first kappa shape index (κ1) is 16.4. The van der Waals surface area contributed by atoms with E-state index in [-0.39, 0.29) is 49.5 Å². The molecule has 0 spiro atoms. The number of anilines is 1. The van der Waals surface area contributed by atoms with E-state index in [4.69, 9.17) is 19.9 Å². The molecule has 2 rings (SSSR count). The maximum absolute atomic E-state index is 10.7. The summed E-state index contributed by atoms with van der Waals surface area (Å²) in [6.07, 6.45) is 0. The van der Waals surface area contributed by atoms with Gasteiger partial charge in [0.05, 0.1) is 18.1 Å². The Hall–Kier alpha value is -2.96. The molecule has 0 amide bonds. The van der Waals surface area contributed by atoms with Crippen molar-refractivity contribution < 1.29 is 19.6 Å². The Labute approximate surface area is 131 Å². The minimum atomic E-state index is -0.518. The van der Waals surface area contributed by atoms with Crippen LogP contribution in [0.25, 0.3) is 11.5 Å². The number of aromatic nitrogens is 1. The van der Waals surface area contributed by atoms with Crippen molar-refractivity contribution in [2.45, 2.75) is 0 Å². The summed E-state index contributed by atoms with van der Waals surface area (Å²) in [4.78, 5) is 15.7. The fourth-order valence-corrected chi connectivity index (χ4v) is 2.00. The molecule has 0 aliphatic rings. The summed E-state index contributed by atoms with van der Waals surface area (Å²) in [7, 11) is 0. The van der Waals surface area contributed by atoms with Gasteiger partial charge in [0.1, 0.15) is 6.07 Å². The average Bonchev–Trinajstić information content (AvgIpc) is 2.99. The second-order valence-corrected chi connectivity index (χ2v) is 4.52. The molecule has 9 heteroatoms. The van der Waals surface area contributed by atoms with Gasteiger partial charge in [-0.25, -0.2) is 0 Å². The summed E-state index contributed by atoms with van der Waals surface area (Å²) in [5, 5.41) is 37.9. The number of aliphatic hydroxyl groups is 2. The maximum atomic E-state index is 10.7. The van der Waals surface area contributed by atoms with Gasteiger partial charge >= 0.3 is 0 Å². The summed E-state index contributed by atoms with van der Waals surface area (Å²) in [6.45, 7) is -0.0227. The molecular formula is C14H14N4O5. The normalized spacial score (nSPS) is 10.3. The van der Waals surface area contributed by atoms with E-state index >= 15 is 0 Å². The number of nitrogens with zero attached hydrogens (tertiary/aromatic N) is 4. The number of nitro benzene ring substituents is 1. The Kier molecular flexibility index (Phi) is 5.24. The van der Waals surface area contributed by atoms with Gasteiger partial charge in [-0.1, -0.05) is 0 Å². The molecule has 2 aromatic rings. The first-order valence-electron chi connectivity index (χ1n) is 6.73. The Morgan fingerprint density at radius 2 is 1.87 bits per heavy atom. The predicted octanol–water partition coefficient (Wildman–Crippen LogP) is 0.912. The lowest BCUT2D eigenvalue weighted by Crippen LogP contribution is -2.29. The lowest BCUT2D eigenvalue weighted by Gasteiger charge is -2.19. The van der Waals surface area contributed by atoms with Crippen molar-refractivity contribution in [3.63, 3.8) is 0 Å². The van der Waals surface area contributed by atoms with Gasteiger partial charge in [-0.15, -0.1) is 0 Å². The monoisotopic (exact) mass is 318 g/mol. The number of non-ortho nitro benzene ring substituents is 1. The van der Waals surface area contributed by atoms with Crippen molar-refractivity contribution in [2.75, 3.05) is 31.2 Å². The number of hydrogen-bond donors (Lipinski definition) is 2. The highest BCUT2D eigenvalue weighted by Gasteiger charge is 2.20. The van der Waals surface area contributed by atoms with Crippen LogP contribution in [-0.2, 0) is 0 Å². The topological polar surface area (TPSA) is 137 Å². The van der Waals surface area contributed by atoms with E-state index in [1.807, 2.05) is 6.07 Å². The molecule has 120 valence electrons. The average molecular weight is 318 g/mol. The van der Waals surface area contributed by atoms with Crippen LogP contribution < -0.4 is 4.90 Å². The minimum Gasteiger partial charge on any atom is -0.419 e. The van der Waals surface area contributed by atoms with Gasteiger partial charge in [0.15, 0.2) is 0 Å². The predicted molar refractivity (Wildman–Crippen MR) is 79.7 cm³/mol. The first-order valence-corrected chi connectivity index (χ1v) is 6.73. The zero-order chi connectivity index (χ0) is 16.8. The highest BCUT2D eigenvalue weighted by molar-refractivity contribution is 5.60. The number of nitro groups is 1. The molecule has 0 saturated carbocycles. The maximum Gasteiger partial charge on any atom is 0.269 e. The number of hydrogen-bond acceptors (Lipinski definition) is 8. The fraction of sp³-hybridized carbons (Fsp3) is 0.286. The third-order valence-corrected chi connectivity index (χ3v) is 3.07. The molecule has 0 fully saturated rings. The largest absolute Gasteiger partial charge is 0.419 e. The Morgan fingerprint density at radius 3 is 2.35 bits per heavy atom. The number of aliphatic hydroxyl groups excluding tert-OH is 2. The molecule has 0 saturated heterocycles. The highest BCUT2D eigenvalue weighted by Crippen LogP contribution is 2.29. The third kappa shape index (κ3) is 3.63. The van der Waals surface area contributed by atoms with E-state index in [1.165, 1.54) is 29.2 Å². The van der Waals surface area contributed by atoms with E-state index in [2.05, 4.69) is 4.98 Å². The molecule has 0 bridgehead atoms. The molecule has 1 aromatic heterocycles. The quantitative estimate of drug-likeness (QED) is 0.567. The summed E-state index contributed by atoms with van der Waals surface area (Å²) >= 11 is 0. The van der Waals surface area contributed by atoms with Crippen molar-refractivity contribution in [3.05, 3.63) is 40.1 Å². The second kappa shape index (κ2) is 7.35. The summed E-state index contributed by atoms with van der Waals surface area (Å²) < 4.78 is 5.56. The van der Waals surface area contributed by atoms with E-state index in [0.717, 1.165) is 0 Å². The standard InChI is InChI=1S/C14H14N4O5/c15-9-12-14(17(5-7-19)6-8-20)23-13(16-12)10-1-3-11(4-2-10)18(21)22/h1-4,19-20H,5-8H2. The first-order chi connectivity index (χ1) is 11.1. The second-order valence-electron chi connectivity index (χ2n) is 4.52. The van der Waals surface area contributed by atoms with Crippen LogP contribution in [0.15, 0.2) is 28.7 Å². The van der Waals surface area contributed by atoms with Crippen LogP contribution in [0.4, 0.5) is 11.6 Å². The Morgan fingerprint density at radius 1 is 1.26 bits per heavy atom. The van der Waals surface area contributed by atoms with Crippen molar-refractivity contribution in [1.29, 1.82) is 5.26 Å². The van der Waals surface area contributed by atoms with Crippen LogP contribution in [0.3, 0.4) is 0 Å². The van der Waals surface area contributed by atoms with E-state index in [9.17, 15) is 10.1 Å². The summed E-state index contributed by atoms with van der Waals surface area (Å²) in [5.41, 5.74) is 0.426. The zero-order valence-electron chi connectivity index (χ0n) is 12.0. The molecule has 2 N–H and O–H groups in total. The van der Waals surface area contributed by atoms with Gasteiger partial charge in [-0.2, -0.15) is 10.2 Å². The van der Waals surface area contributed by atoms with E-state index < -0.39 is 4.92 Å². The fourth-order valence-electron chi connectivity index (χ4n) is 2.00. The third-order valence-electron chi connectivity index (χ3n) is 3.07. The SMILES string of the molecule is N#Cc1nc(-c2ccc([N+](=O)[O-])cc2)oc1N(CCO)CCO. The number of oxazole rings is 1. The highest BCUT2D eigenvalue weighted by atomic mass is 16.6. The molecule has 0 aliphatic carbocycles. The van der Waals surface area contributed by atoms with Crippen LogP contribution in [-0.4, -0.2) is 46.4 Å². The minimum absolute atomic E-state index is 0.0141. The van der Waals surface area contributed by atoms with Gasteiger partial charge in [0, 0.05) is 30.8 Å². The molecule has 9 nitrogen and oxygen atoms in total. The molecular weight excluding hydrogens is 304 g/mol. The smallest absolute Gasteiger partial charge is 0.269 e. The van der Waals surface area contributed by atoms with Crippen molar-refractivity contribution in [2.24, 2.45) is 0 Å². The molecule has 0 unspecified atom stereocenters. The molecule has 23 heavy (non-hydrogen) atoms. The molecule has 1 aromatic carbocycles. The van der Waals surface area contributed by atoms with Crippen LogP contribution in [0.5, 0.6) is 0 Å². The number of nitriles is 1. The Balaban J connectivity index is 2.37. The van der Waals surface area contributed by atoms with Crippen LogP contribution in [0, 0.1) is 21.4 Å². The molecule has 0 atom stereocenters. The zero-order valence-corrected chi connectivity index (χ0v) is 12.0. The van der Waals surface area contributed by atoms with Gasteiger partial charge < -0.3 is 19.5 Å². The molecule has 0 radical (unpaired) electrons. The lowest BCUT2D eigenvalue weighted by molar-refractivity contribution is -0.384. The lowest BCUT2D eigenvalue weighted by atomic mass is 10.2. The van der Waals surface area contributed by atoms with Crippen LogP contribution in [0.1, 0.15) is 5.69 Å². The van der Waals surface area contributed by atoms with Crippen molar-refractivity contribution in [3.8, 4) is 17.5 Å². The molecule has 0 aliphatic heterocycles. The van der Waals surface area contributed by atoms with Gasteiger partial charge in [0.25, 0.3) is 5.69 Å². The Bertz CT molecular complexity index is 714. The molecule has 1 heterocycles. The van der Waals surface area contributed by atoms with Gasteiger partial charge in [-0.05, 0) is 12.1 Å². The van der Waals surface area contributed by atoms with Crippen molar-refractivity contribution in [1.82, 2.24) is 4.98 Å². The van der Waals surface area contributed by atoms with E-state index in [0.29, 0.717) is 5.56 Å². The van der Waals surface area contributed by atoms with Gasteiger partial charge in [-0.3, -0.25) is 10.1 Å². The van der Waals surface area contributed by atoms with Crippen LogP contribution >= 0.6 is 0 Å². The van der Waals surface area contributed by atoms with E-state index in [1.54, 1.807) is 0 Å².